The Hall–Kier alpha value is -3.17. The Labute approximate surface area is 188 Å². The van der Waals surface area contributed by atoms with Gasteiger partial charge in [-0.25, -0.2) is 9.79 Å². The standard InChI is InChI=1S/C21H19ClN2O6S/c1-24-20(27)17(31-21(24)23-13-4-6-14(28-2)7-5-13)10-12-8-15(22)19(16(9-12)29-3)30-11-18(25)26/h4-10H,11H2,1-3H3,(H,25,26)/b17-10-,23-21?. The van der Waals surface area contributed by atoms with Crippen LogP contribution < -0.4 is 14.2 Å². The Morgan fingerprint density at radius 2 is 1.94 bits per heavy atom. The van der Waals surface area contributed by atoms with E-state index in [4.69, 9.17) is 30.9 Å². The molecular weight excluding hydrogens is 444 g/mol. The fourth-order valence-electron chi connectivity index (χ4n) is 2.67. The number of aliphatic imine (C=N–C) groups is 1. The van der Waals surface area contributed by atoms with E-state index < -0.39 is 12.6 Å². The lowest BCUT2D eigenvalue weighted by Gasteiger charge is -2.12. The van der Waals surface area contributed by atoms with Crippen LogP contribution in [0.25, 0.3) is 6.08 Å². The van der Waals surface area contributed by atoms with Gasteiger partial charge in [0.05, 0.1) is 29.8 Å². The summed E-state index contributed by atoms with van der Waals surface area (Å²) in [6.45, 7) is -0.555. The van der Waals surface area contributed by atoms with E-state index >= 15 is 0 Å². The summed E-state index contributed by atoms with van der Waals surface area (Å²) in [6.07, 6.45) is 1.66. The molecule has 0 aliphatic carbocycles. The molecule has 1 aliphatic rings. The van der Waals surface area contributed by atoms with E-state index in [1.165, 1.54) is 23.8 Å². The fraction of sp³-hybridized carbons (Fsp3) is 0.190. The number of rotatable bonds is 7. The van der Waals surface area contributed by atoms with Gasteiger partial charge in [0.1, 0.15) is 5.75 Å². The molecule has 0 atom stereocenters. The number of aliphatic carboxylic acids is 1. The number of methoxy groups -OCH3 is 2. The summed E-state index contributed by atoms with van der Waals surface area (Å²) in [5, 5.41) is 9.50. The molecule has 1 fully saturated rings. The van der Waals surface area contributed by atoms with Gasteiger partial charge >= 0.3 is 5.97 Å². The summed E-state index contributed by atoms with van der Waals surface area (Å²) in [6, 6.07) is 10.4. The molecule has 0 saturated carbocycles. The van der Waals surface area contributed by atoms with Crippen LogP contribution in [0, 0.1) is 0 Å². The summed E-state index contributed by atoms with van der Waals surface area (Å²) >= 11 is 7.47. The molecule has 1 aliphatic heterocycles. The molecule has 10 heteroatoms. The van der Waals surface area contributed by atoms with Crippen LogP contribution in [-0.4, -0.2) is 54.9 Å². The van der Waals surface area contributed by atoms with Crippen molar-refractivity contribution in [1.82, 2.24) is 4.90 Å². The van der Waals surface area contributed by atoms with Gasteiger partial charge in [0, 0.05) is 7.05 Å². The Morgan fingerprint density at radius 1 is 1.23 bits per heavy atom. The van der Waals surface area contributed by atoms with Gasteiger partial charge in [-0.3, -0.25) is 9.69 Å². The number of nitrogens with zero attached hydrogens (tertiary/aromatic N) is 2. The number of carbonyl (C=O) groups excluding carboxylic acids is 1. The molecule has 162 valence electrons. The van der Waals surface area contributed by atoms with Gasteiger partial charge in [-0.15, -0.1) is 0 Å². The first kappa shape index (κ1) is 22.5. The zero-order valence-electron chi connectivity index (χ0n) is 16.9. The van der Waals surface area contributed by atoms with Crippen LogP contribution in [0.4, 0.5) is 5.69 Å². The lowest BCUT2D eigenvalue weighted by Crippen LogP contribution is -2.23. The molecular formula is C21H19ClN2O6S. The van der Waals surface area contributed by atoms with Gasteiger partial charge in [-0.2, -0.15) is 0 Å². The van der Waals surface area contributed by atoms with Crippen molar-refractivity contribution in [2.75, 3.05) is 27.9 Å². The van der Waals surface area contributed by atoms with E-state index in [1.54, 1.807) is 56.6 Å². The highest BCUT2D eigenvalue weighted by atomic mass is 35.5. The molecule has 8 nitrogen and oxygen atoms in total. The molecule has 3 rings (SSSR count). The highest BCUT2D eigenvalue weighted by Gasteiger charge is 2.30. The number of hydrogen-bond acceptors (Lipinski definition) is 7. The molecule has 1 amide bonds. The number of benzene rings is 2. The number of carboxylic acid groups (broad SMARTS) is 1. The smallest absolute Gasteiger partial charge is 0.341 e. The Bertz CT molecular complexity index is 1070. The lowest BCUT2D eigenvalue weighted by molar-refractivity contribution is -0.139. The van der Waals surface area contributed by atoms with Crippen molar-refractivity contribution in [3.05, 3.63) is 51.9 Å². The molecule has 31 heavy (non-hydrogen) atoms. The molecule has 1 saturated heterocycles. The van der Waals surface area contributed by atoms with Crippen LogP contribution in [0.1, 0.15) is 5.56 Å². The third kappa shape index (κ3) is 5.31. The van der Waals surface area contributed by atoms with Crippen LogP contribution in [0.3, 0.4) is 0 Å². The maximum atomic E-state index is 12.7. The first-order valence-corrected chi connectivity index (χ1v) is 10.1. The van der Waals surface area contributed by atoms with E-state index in [2.05, 4.69) is 4.99 Å². The van der Waals surface area contributed by atoms with Crippen molar-refractivity contribution in [1.29, 1.82) is 0 Å². The van der Waals surface area contributed by atoms with Crippen LogP contribution >= 0.6 is 23.4 Å². The average molecular weight is 463 g/mol. The van der Waals surface area contributed by atoms with Crippen LogP contribution in [-0.2, 0) is 9.59 Å². The van der Waals surface area contributed by atoms with Gasteiger partial charge in [-0.05, 0) is 59.8 Å². The first-order chi connectivity index (χ1) is 14.8. The van der Waals surface area contributed by atoms with Gasteiger partial charge in [0.2, 0.25) is 0 Å². The van der Waals surface area contributed by atoms with E-state index in [9.17, 15) is 9.59 Å². The third-order valence-electron chi connectivity index (χ3n) is 4.19. The van der Waals surface area contributed by atoms with Gasteiger partial charge in [-0.1, -0.05) is 11.6 Å². The molecule has 0 bridgehead atoms. The maximum absolute atomic E-state index is 12.7. The normalized spacial score (nSPS) is 16.1. The SMILES string of the molecule is COc1ccc(N=C2S/C(=C\c3cc(Cl)c(OCC(=O)O)c(OC)c3)C(=O)N2C)cc1. The zero-order valence-corrected chi connectivity index (χ0v) is 18.5. The second-order valence-electron chi connectivity index (χ2n) is 6.28. The molecule has 2 aromatic carbocycles. The predicted octanol–water partition coefficient (Wildman–Crippen LogP) is 4.05. The minimum atomic E-state index is -1.14. The Morgan fingerprint density at radius 3 is 2.55 bits per heavy atom. The highest BCUT2D eigenvalue weighted by molar-refractivity contribution is 8.18. The monoisotopic (exact) mass is 462 g/mol. The van der Waals surface area contributed by atoms with E-state index in [0.29, 0.717) is 21.3 Å². The molecule has 1 N–H and O–H groups in total. The quantitative estimate of drug-likeness (QED) is 0.619. The predicted molar refractivity (Wildman–Crippen MR) is 120 cm³/mol. The first-order valence-electron chi connectivity index (χ1n) is 8.95. The molecule has 0 spiro atoms. The Balaban J connectivity index is 1.87. The minimum Gasteiger partial charge on any atom is -0.497 e. The van der Waals surface area contributed by atoms with Crippen LogP contribution in [0.2, 0.25) is 5.02 Å². The van der Waals surface area contributed by atoms with Crippen LogP contribution in [0.15, 0.2) is 46.3 Å². The second-order valence-corrected chi connectivity index (χ2v) is 7.70. The van der Waals surface area contributed by atoms with Crippen molar-refractivity contribution in [2.24, 2.45) is 4.99 Å². The number of amides is 1. The summed E-state index contributed by atoms with van der Waals surface area (Å²) in [5.74, 6) is -0.244. The van der Waals surface area contributed by atoms with E-state index in [-0.39, 0.29) is 22.4 Å². The topological polar surface area (TPSA) is 97.7 Å². The number of carbonyl (C=O) groups is 2. The average Bonchev–Trinajstić information content (AvgIpc) is 3.00. The van der Waals surface area contributed by atoms with Gasteiger partial charge < -0.3 is 19.3 Å². The molecule has 1 heterocycles. The molecule has 0 unspecified atom stereocenters. The third-order valence-corrected chi connectivity index (χ3v) is 5.53. The number of ether oxygens (including phenoxy) is 3. The zero-order chi connectivity index (χ0) is 22.5. The molecule has 0 aromatic heterocycles. The van der Waals surface area contributed by atoms with Gasteiger partial charge in [0.15, 0.2) is 23.3 Å². The lowest BCUT2D eigenvalue weighted by atomic mass is 10.2. The summed E-state index contributed by atoms with van der Waals surface area (Å²) in [7, 11) is 4.65. The number of thioether (sulfide) groups is 1. The number of amidine groups is 1. The van der Waals surface area contributed by atoms with Gasteiger partial charge in [0.25, 0.3) is 5.91 Å². The molecule has 2 aromatic rings. The number of likely N-dealkylation sites (N-methyl/N-ethyl adjacent to an activating group) is 1. The van der Waals surface area contributed by atoms with E-state index in [1.807, 2.05) is 0 Å². The minimum absolute atomic E-state index is 0.123. The summed E-state index contributed by atoms with van der Waals surface area (Å²) < 4.78 is 15.6. The van der Waals surface area contributed by atoms with Crippen molar-refractivity contribution in [2.45, 2.75) is 0 Å². The van der Waals surface area contributed by atoms with Crippen LogP contribution in [0.5, 0.6) is 17.2 Å². The van der Waals surface area contributed by atoms with E-state index in [0.717, 1.165) is 5.75 Å². The summed E-state index contributed by atoms with van der Waals surface area (Å²) in [4.78, 5) is 29.9. The number of halogens is 1. The summed E-state index contributed by atoms with van der Waals surface area (Å²) in [5.41, 5.74) is 1.29. The second kappa shape index (κ2) is 9.76. The highest BCUT2D eigenvalue weighted by Crippen LogP contribution is 2.39. The van der Waals surface area contributed by atoms with Crippen molar-refractivity contribution < 1.29 is 28.9 Å². The fourth-order valence-corrected chi connectivity index (χ4v) is 3.93. The number of carboxylic acids is 1. The number of hydrogen-bond donors (Lipinski definition) is 1. The van der Waals surface area contributed by atoms with Crippen molar-refractivity contribution in [3.8, 4) is 17.2 Å². The van der Waals surface area contributed by atoms with Crippen molar-refractivity contribution in [3.63, 3.8) is 0 Å². The largest absolute Gasteiger partial charge is 0.497 e. The van der Waals surface area contributed by atoms with Crippen molar-refractivity contribution >= 4 is 52.2 Å². The molecule has 0 radical (unpaired) electrons. The Kier molecular flexibility index (Phi) is 7.09. The maximum Gasteiger partial charge on any atom is 0.341 e.